The Balaban J connectivity index is 1.59. The Morgan fingerprint density at radius 1 is 1.17 bits per heavy atom. The van der Waals surface area contributed by atoms with Gasteiger partial charge in [-0.2, -0.15) is 0 Å². The van der Waals surface area contributed by atoms with Crippen molar-refractivity contribution in [2.45, 2.75) is 13.3 Å². The number of nitrogens with one attached hydrogen (secondary N) is 2. The number of hydrogen-bond acceptors (Lipinski definition) is 6. The molecule has 1 aliphatic rings. The smallest absolute Gasteiger partial charge is 0.320 e. The van der Waals surface area contributed by atoms with E-state index in [4.69, 9.17) is 0 Å². The van der Waals surface area contributed by atoms with Crippen LogP contribution in [-0.4, -0.2) is 39.6 Å². The number of carbonyl (C=O) groups excluding carboxylic acids is 3. The second-order valence-corrected chi connectivity index (χ2v) is 5.79. The lowest BCUT2D eigenvalue weighted by Gasteiger charge is -2.14. The summed E-state index contributed by atoms with van der Waals surface area (Å²) in [7, 11) is 0. The normalized spacial score (nSPS) is 13.2. The molecule has 9 heteroatoms. The second-order valence-electron chi connectivity index (χ2n) is 4.73. The van der Waals surface area contributed by atoms with Gasteiger partial charge in [0, 0.05) is 0 Å². The number of benzene rings is 1. The number of rotatable bonds is 4. The van der Waals surface area contributed by atoms with Crippen LogP contribution in [0.1, 0.15) is 32.6 Å². The zero-order valence-corrected chi connectivity index (χ0v) is 13.0. The van der Waals surface area contributed by atoms with Gasteiger partial charge in [-0.25, -0.2) is 4.79 Å². The van der Waals surface area contributed by atoms with Crippen LogP contribution in [0.25, 0.3) is 0 Å². The van der Waals surface area contributed by atoms with Crippen LogP contribution in [0.2, 0.25) is 0 Å². The van der Waals surface area contributed by atoms with Gasteiger partial charge in [-0.05, 0) is 18.6 Å². The van der Waals surface area contributed by atoms with E-state index in [1.54, 1.807) is 24.3 Å². The van der Waals surface area contributed by atoms with Gasteiger partial charge in [0.25, 0.3) is 11.8 Å². The number of anilines is 1. The van der Waals surface area contributed by atoms with Crippen LogP contribution in [0.4, 0.5) is 9.93 Å². The van der Waals surface area contributed by atoms with Gasteiger partial charge < -0.3 is 5.32 Å². The monoisotopic (exact) mass is 331 g/mol. The predicted molar refractivity (Wildman–Crippen MR) is 83.3 cm³/mol. The summed E-state index contributed by atoms with van der Waals surface area (Å²) in [6, 6.07) is 6.00. The van der Waals surface area contributed by atoms with Crippen LogP contribution in [0, 0.1) is 0 Å². The van der Waals surface area contributed by atoms with Crippen LogP contribution in [0.15, 0.2) is 24.3 Å². The van der Waals surface area contributed by atoms with E-state index < -0.39 is 17.8 Å². The fraction of sp³-hybridized carbons (Fsp3) is 0.214. The van der Waals surface area contributed by atoms with Gasteiger partial charge in [0.2, 0.25) is 5.13 Å². The summed E-state index contributed by atoms with van der Waals surface area (Å²) in [6.45, 7) is 1.73. The van der Waals surface area contributed by atoms with E-state index in [-0.39, 0.29) is 6.67 Å². The maximum absolute atomic E-state index is 12.1. The summed E-state index contributed by atoms with van der Waals surface area (Å²) in [4.78, 5) is 37.1. The minimum absolute atomic E-state index is 0.211. The lowest BCUT2D eigenvalue weighted by Crippen LogP contribution is -2.42. The molecule has 1 aromatic heterocycles. The molecule has 0 saturated heterocycles. The number of nitrogens with zero attached hydrogens (tertiary/aromatic N) is 3. The van der Waals surface area contributed by atoms with E-state index >= 15 is 0 Å². The highest BCUT2D eigenvalue weighted by Crippen LogP contribution is 2.21. The van der Waals surface area contributed by atoms with Crippen molar-refractivity contribution < 1.29 is 14.4 Å². The molecule has 1 aliphatic heterocycles. The van der Waals surface area contributed by atoms with Gasteiger partial charge >= 0.3 is 6.03 Å². The Morgan fingerprint density at radius 3 is 2.39 bits per heavy atom. The minimum atomic E-state index is -0.555. The van der Waals surface area contributed by atoms with Crippen LogP contribution >= 0.6 is 11.3 Å². The van der Waals surface area contributed by atoms with Crippen LogP contribution in [-0.2, 0) is 6.42 Å². The molecule has 2 heterocycles. The maximum Gasteiger partial charge on any atom is 0.322 e. The van der Waals surface area contributed by atoms with E-state index in [2.05, 4.69) is 20.8 Å². The van der Waals surface area contributed by atoms with E-state index in [0.717, 1.165) is 16.3 Å². The minimum Gasteiger partial charge on any atom is -0.320 e. The highest BCUT2D eigenvalue weighted by Gasteiger charge is 2.35. The molecule has 4 amide bonds. The topological polar surface area (TPSA) is 104 Å². The third-order valence-corrected chi connectivity index (χ3v) is 4.25. The molecule has 0 radical (unpaired) electrons. The highest BCUT2D eigenvalue weighted by molar-refractivity contribution is 7.15. The first-order chi connectivity index (χ1) is 11.1. The summed E-state index contributed by atoms with van der Waals surface area (Å²) >= 11 is 1.27. The zero-order valence-electron chi connectivity index (χ0n) is 12.2. The quantitative estimate of drug-likeness (QED) is 0.826. The van der Waals surface area contributed by atoms with E-state index in [0.29, 0.717) is 16.3 Å². The molecule has 0 unspecified atom stereocenters. The van der Waals surface area contributed by atoms with Crippen LogP contribution in [0.5, 0.6) is 0 Å². The van der Waals surface area contributed by atoms with Crippen LogP contribution in [0.3, 0.4) is 0 Å². The number of imide groups is 1. The number of hydrogen-bond donors (Lipinski definition) is 2. The number of amides is 4. The number of fused-ring (bicyclic) bond motifs is 1. The molecule has 0 saturated carbocycles. The molecule has 23 heavy (non-hydrogen) atoms. The van der Waals surface area contributed by atoms with Gasteiger partial charge in [-0.15, -0.1) is 10.2 Å². The lowest BCUT2D eigenvalue weighted by molar-refractivity contribution is 0.0648. The van der Waals surface area contributed by atoms with Gasteiger partial charge in [-0.3, -0.25) is 19.8 Å². The first-order valence-electron chi connectivity index (χ1n) is 6.92. The molecule has 1 aromatic carbocycles. The molecule has 3 rings (SSSR count). The molecule has 118 valence electrons. The molecule has 8 nitrogen and oxygen atoms in total. The van der Waals surface area contributed by atoms with Crippen molar-refractivity contribution in [2.24, 2.45) is 0 Å². The highest BCUT2D eigenvalue weighted by atomic mass is 32.1. The molecular weight excluding hydrogens is 318 g/mol. The number of carbonyl (C=O) groups is 3. The number of aromatic nitrogens is 2. The Bertz CT molecular complexity index is 753. The average Bonchev–Trinajstić information content (AvgIpc) is 3.10. The summed E-state index contributed by atoms with van der Waals surface area (Å²) < 4.78 is 0. The fourth-order valence-corrected chi connectivity index (χ4v) is 2.80. The Morgan fingerprint density at radius 2 is 1.83 bits per heavy atom. The molecule has 2 N–H and O–H groups in total. The largest absolute Gasteiger partial charge is 0.322 e. The lowest BCUT2D eigenvalue weighted by atomic mass is 10.1. The molecule has 0 aliphatic carbocycles. The van der Waals surface area contributed by atoms with Crippen molar-refractivity contribution >= 4 is 34.3 Å². The molecule has 0 spiro atoms. The number of urea groups is 1. The molecular formula is C14H13N5O3S. The molecule has 0 fully saturated rings. The molecule has 0 atom stereocenters. The van der Waals surface area contributed by atoms with Gasteiger partial charge in [-0.1, -0.05) is 30.4 Å². The van der Waals surface area contributed by atoms with Crippen molar-refractivity contribution in [3.05, 3.63) is 40.4 Å². The third-order valence-electron chi connectivity index (χ3n) is 3.27. The average molecular weight is 331 g/mol. The Hall–Kier alpha value is -2.81. The van der Waals surface area contributed by atoms with Crippen molar-refractivity contribution in [3.63, 3.8) is 0 Å². The summed E-state index contributed by atoms with van der Waals surface area (Å²) in [5.74, 6) is -0.842. The number of aryl methyl sites for hydroxylation is 1. The van der Waals surface area contributed by atoms with Crippen molar-refractivity contribution in [1.82, 2.24) is 20.4 Å². The Labute approximate surface area is 135 Å². The van der Waals surface area contributed by atoms with Crippen molar-refractivity contribution in [2.75, 3.05) is 12.0 Å². The van der Waals surface area contributed by atoms with Gasteiger partial charge in [0.15, 0.2) is 0 Å². The van der Waals surface area contributed by atoms with E-state index in [9.17, 15) is 14.4 Å². The zero-order chi connectivity index (χ0) is 16.4. The van der Waals surface area contributed by atoms with E-state index in [1.165, 1.54) is 11.3 Å². The van der Waals surface area contributed by atoms with Crippen molar-refractivity contribution in [1.29, 1.82) is 0 Å². The van der Waals surface area contributed by atoms with Crippen LogP contribution < -0.4 is 10.6 Å². The predicted octanol–water partition coefficient (Wildman–Crippen LogP) is 1.48. The second kappa shape index (κ2) is 6.13. The Kier molecular flexibility index (Phi) is 4.02. The van der Waals surface area contributed by atoms with Crippen molar-refractivity contribution in [3.8, 4) is 0 Å². The summed E-state index contributed by atoms with van der Waals surface area (Å²) in [5, 5.41) is 13.9. The molecule has 2 aromatic rings. The first-order valence-corrected chi connectivity index (χ1v) is 7.74. The van der Waals surface area contributed by atoms with Gasteiger partial charge in [0.05, 0.1) is 11.1 Å². The summed E-state index contributed by atoms with van der Waals surface area (Å²) in [5.41, 5.74) is 0.688. The standard InChI is InChI=1S/C14H13N5O3S/c1-2-10-17-18-14(23-10)16-13(22)15-7-19-11(20)8-5-3-4-6-9(8)12(19)21/h3-6H,2,7H2,1H3,(H2,15,16,18,22). The van der Waals surface area contributed by atoms with E-state index in [1.807, 2.05) is 6.92 Å². The maximum atomic E-state index is 12.1. The first kappa shape index (κ1) is 15.1. The molecule has 0 bridgehead atoms. The SMILES string of the molecule is CCc1nnc(NC(=O)NCN2C(=O)c3ccccc3C2=O)s1. The third kappa shape index (κ3) is 2.90. The fourth-order valence-electron chi connectivity index (χ4n) is 2.12. The van der Waals surface area contributed by atoms with Gasteiger partial charge in [0.1, 0.15) is 11.7 Å². The summed E-state index contributed by atoms with van der Waals surface area (Å²) in [6.07, 6.45) is 0.732.